The number of ether oxygens (including phenoxy) is 1. The van der Waals surface area contributed by atoms with Crippen molar-refractivity contribution in [2.45, 2.75) is 12.8 Å². The molecule has 0 bridgehead atoms. The average Bonchev–Trinajstić information content (AvgIpc) is 3.14. The fraction of sp³-hybridized carbons (Fsp3) is 0.211. The lowest BCUT2D eigenvalue weighted by Gasteiger charge is -2.07. The first kappa shape index (κ1) is 18.5. The van der Waals surface area contributed by atoms with Crippen molar-refractivity contribution in [1.29, 1.82) is 0 Å². The van der Waals surface area contributed by atoms with Gasteiger partial charge >= 0.3 is 0 Å². The lowest BCUT2D eigenvalue weighted by atomic mass is 10.2. The van der Waals surface area contributed by atoms with Crippen LogP contribution in [0.25, 0.3) is 11.4 Å². The third kappa shape index (κ3) is 5.60. The molecule has 0 spiro atoms. The second-order valence-corrected chi connectivity index (χ2v) is 5.67. The molecule has 0 saturated heterocycles. The lowest BCUT2D eigenvalue weighted by molar-refractivity contribution is -0.121. The van der Waals surface area contributed by atoms with Crippen LogP contribution in [-0.2, 0) is 11.2 Å². The number of halogens is 2. The Morgan fingerprint density at radius 1 is 1.04 bits per heavy atom. The van der Waals surface area contributed by atoms with Gasteiger partial charge in [-0.25, -0.2) is 8.78 Å². The fourth-order valence-electron chi connectivity index (χ4n) is 2.27. The van der Waals surface area contributed by atoms with Gasteiger partial charge in [0.1, 0.15) is 24.0 Å². The van der Waals surface area contributed by atoms with Crippen LogP contribution in [0.5, 0.6) is 5.75 Å². The zero-order chi connectivity index (χ0) is 19.1. The summed E-state index contributed by atoms with van der Waals surface area (Å²) in [7, 11) is 0. The van der Waals surface area contributed by atoms with Crippen LogP contribution in [0, 0.1) is 11.6 Å². The monoisotopic (exact) mass is 373 g/mol. The molecule has 8 heteroatoms. The number of benzene rings is 2. The fourth-order valence-corrected chi connectivity index (χ4v) is 2.27. The van der Waals surface area contributed by atoms with Gasteiger partial charge in [0.2, 0.25) is 17.6 Å². The van der Waals surface area contributed by atoms with Crippen molar-refractivity contribution in [3.05, 3.63) is 66.1 Å². The Kier molecular flexibility index (Phi) is 6.09. The summed E-state index contributed by atoms with van der Waals surface area (Å²) in [4.78, 5) is 16.0. The van der Waals surface area contributed by atoms with E-state index in [0.717, 1.165) is 0 Å². The highest BCUT2D eigenvalue weighted by Crippen LogP contribution is 2.16. The topological polar surface area (TPSA) is 77.2 Å². The van der Waals surface area contributed by atoms with Gasteiger partial charge in [-0.2, -0.15) is 4.98 Å². The zero-order valence-corrected chi connectivity index (χ0v) is 14.3. The highest BCUT2D eigenvalue weighted by atomic mass is 19.1. The van der Waals surface area contributed by atoms with Crippen LogP contribution >= 0.6 is 0 Å². The molecule has 0 radical (unpaired) electrons. The number of amides is 1. The van der Waals surface area contributed by atoms with Gasteiger partial charge in [0, 0.05) is 18.4 Å². The van der Waals surface area contributed by atoms with E-state index in [1.54, 1.807) is 12.1 Å². The quantitative estimate of drug-likeness (QED) is 0.614. The normalized spacial score (nSPS) is 10.6. The summed E-state index contributed by atoms with van der Waals surface area (Å²) in [6, 6.07) is 11.4. The molecule has 27 heavy (non-hydrogen) atoms. The predicted molar refractivity (Wildman–Crippen MR) is 92.9 cm³/mol. The van der Waals surface area contributed by atoms with Crippen LogP contribution in [0.1, 0.15) is 12.3 Å². The van der Waals surface area contributed by atoms with Gasteiger partial charge in [0.15, 0.2) is 0 Å². The van der Waals surface area contributed by atoms with Crippen LogP contribution in [0.4, 0.5) is 8.78 Å². The highest BCUT2D eigenvalue weighted by Gasteiger charge is 2.10. The summed E-state index contributed by atoms with van der Waals surface area (Å²) in [6.45, 7) is 0.591. The first-order valence-electron chi connectivity index (χ1n) is 8.34. The molecule has 6 nitrogen and oxygen atoms in total. The van der Waals surface area contributed by atoms with Crippen molar-refractivity contribution in [2.24, 2.45) is 0 Å². The molecule has 1 N–H and O–H groups in total. The first-order chi connectivity index (χ1) is 13.1. The SMILES string of the molecule is O=C(CCc1nc(-c2ccc(F)cc2)no1)NCCOc1ccc(F)cc1. The molecule has 0 atom stereocenters. The minimum absolute atomic E-state index is 0.181. The van der Waals surface area contributed by atoms with Gasteiger partial charge < -0.3 is 14.6 Å². The summed E-state index contributed by atoms with van der Waals surface area (Å²) in [5.74, 6) is 0.344. The molecule has 0 aliphatic rings. The Hall–Kier alpha value is -3.29. The number of nitrogens with zero attached hydrogens (tertiary/aromatic N) is 2. The second kappa shape index (κ2) is 8.88. The van der Waals surface area contributed by atoms with E-state index in [9.17, 15) is 13.6 Å². The van der Waals surface area contributed by atoms with Crippen LogP contribution in [0.3, 0.4) is 0 Å². The van der Waals surface area contributed by atoms with Crippen molar-refractivity contribution in [1.82, 2.24) is 15.5 Å². The summed E-state index contributed by atoms with van der Waals surface area (Å²) < 4.78 is 36.2. The van der Waals surface area contributed by atoms with Crippen molar-refractivity contribution in [3.8, 4) is 17.1 Å². The predicted octanol–water partition coefficient (Wildman–Crippen LogP) is 3.14. The van der Waals surface area contributed by atoms with Crippen molar-refractivity contribution >= 4 is 5.91 Å². The van der Waals surface area contributed by atoms with Gasteiger partial charge in [0.25, 0.3) is 0 Å². The molecular weight excluding hydrogens is 356 g/mol. The smallest absolute Gasteiger partial charge is 0.227 e. The number of carbonyl (C=O) groups excluding carboxylic acids is 1. The average molecular weight is 373 g/mol. The number of aromatic nitrogens is 2. The molecule has 1 aromatic heterocycles. The summed E-state index contributed by atoms with van der Waals surface area (Å²) in [6.07, 6.45) is 0.473. The molecule has 3 rings (SSSR count). The molecule has 3 aromatic rings. The first-order valence-corrected chi connectivity index (χ1v) is 8.34. The number of hydrogen-bond donors (Lipinski definition) is 1. The van der Waals surface area contributed by atoms with Crippen LogP contribution in [-0.4, -0.2) is 29.2 Å². The summed E-state index contributed by atoms with van der Waals surface area (Å²) in [5.41, 5.74) is 0.633. The minimum atomic E-state index is -0.345. The summed E-state index contributed by atoms with van der Waals surface area (Å²) >= 11 is 0. The summed E-state index contributed by atoms with van der Waals surface area (Å²) in [5, 5.41) is 6.53. The zero-order valence-electron chi connectivity index (χ0n) is 14.3. The Balaban J connectivity index is 1.38. The maximum absolute atomic E-state index is 12.9. The molecule has 0 unspecified atom stereocenters. The van der Waals surface area contributed by atoms with Crippen LogP contribution < -0.4 is 10.1 Å². The van der Waals surface area contributed by atoms with E-state index in [0.29, 0.717) is 36.0 Å². The Morgan fingerprint density at radius 2 is 1.70 bits per heavy atom. The van der Waals surface area contributed by atoms with Crippen molar-refractivity contribution < 1.29 is 22.8 Å². The molecule has 2 aromatic carbocycles. The number of aryl methyl sites for hydroxylation is 1. The van der Waals surface area contributed by atoms with E-state index in [-0.39, 0.29) is 30.6 Å². The standard InChI is InChI=1S/C19H17F2N3O3/c20-14-3-1-13(2-4-14)19-23-18(27-24-19)10-9-17(25)22-11-12-26-16-7-5-15(21)6-8-16/h1-8H,9-12H2,(H,22,25). The van der Waals surface area contributed by atoms with Gasteiger partial charge in [-0.3, -0.25) is 4.79 Å². The van der Waals surface area contributed by atoms with E-state index in [1.807, 2.05) is 0 Å². The molecule has 1 heterocycles. The number of nitrogens with one attached hydrogen (secondary N) is 1. The van der Waals surface area contributed by atoms with Crippen molar-refractivity contribution in [3.63, 3.8) is 0 Å². The van der Waals surface area contributed by atoms with E-state index >= 15 is 0 Å². The number of hydrogen-bond acceptors (Lipinski definition) is 5. The molecule has 0 aliphatic heterocycles. The van der Waals surface area contributed by atoms with Crippen molar-refractivity contribution in [2.75, 3.05) is 13.2 Å². The van der Waals surface area contributed by atoms with Crippen LogP contribution in [0.15, 0.2) is 53.1 Å². The maximum atomic E-state index is 12.9. The van der Waals surface area contributed by atoms with Gasteiger partial charge in [0.05, 0.1) is 6.54 Å². The largest absolute Gasteiger partial charge is 0.492 e. The van der Waals surface area contributed by atoms with Gasteiger partial charge in [-0.15, -0.1) is 0 Å². The van der Waals surface area contributed by atoms with Gasteiger partial charge in [-0.05, 0) is 48.5 Å². The van der Waals surface area contributed by atoms with Crippen LogP contribution in [0.2, 0.25) is 0 Å². The van der Waals surface area contributed by atoms with E-state index in [4.69, 9.17) is 9.26 Å². The minimum Gasteiger partial charge on any atom is -0.492 e. The van der Waals surface area contributed by atoms with E-state index < -0.39 is 0 Å². The number of rotatable bonds is 8. The Labute approximate surface area is 154 Å². The third-order valence-corrected chi connectivity index (χ3v) is 3.64. The van der Waals surface area contributed by atoms with E-state index in [1.165, 1.54) is 36.4 Å². The van der Waals surface area contributed by atoms with E-state index in [2.05, 4.69) is 15.5 Å². The lowest BCUT2D eigenvalue weighted by Crippen LogP contribution is -2.28. The second-order valence-electron chi connectivity index (χ2n) is 5.67. The maximum Gasteiger partial charge on any atom is 0.227 e. The molecule has 0 saturated carbocycles. The van der Waals surface area contributed by atoms with Gasteiger partial charge in [-0.1, -0.05) is 5.16 Å². The third-order valence-electron chi connectivity index (χ3n) is 3.64. The molecule has 140 valence electrons. The number of carbonyl (C=O) groups is 1. The Morgan fingerprint density at radius 3 is 2.41 bits per heavy atom. The highest BCUT2D eigenvalue weighted by molar-refractivity contribution is 5.76. The molecule has 0 aliphatic carbocycles. The molecule has 1 amide bonds. The Bertz CT molecular complexity index is 880. The molecular formula is C19H17F2N3O3. The molecule has 0 fully saturated rings.